The van der Waals surface area contributed by atoms with E-state index in [2.05, 4.69) is 15.6 Å². The van der Waals surface area contributed by atoms with Crippen molar-refractivity contribution in [1.82, 2.24) is 10.6 Å². The van der Waals surface area contributed by atoms with Crippen LogP contribution in [0.5, 0.6) is 5.75 Å². The first-order chi connectivity index (χ1) is 12.1. The number of rotatable bonds is 7. The molecule has 142 valence electrons. The minimum Gasteiger partial charge on any atom is -0.497 e. The van der Waals surface area contributed by atoms with E-state index in [9.17, 15) is 9.50 Å². The number of hydrogen-bond donors (Lipinski definition) is 3. The molecule has 26 heavy (non-hydrogen) atoms. The normalized spacial score (nSPS) is 12.1. The van der Waals surface area contributed by atoms with Crippen LogP contribution in [0, 0.1) is 5.82 Å². The predicted octanol–water partition coefficient (Wildman–Crippen LogP) is 3.24. The number of aliphatic hydroxyl groups is 1. The molecule has 2 aromatic rings. The van der Waals surface area contributed by atoms with Crippen molar-refractivity contribution in [2.24, 2.45) is 4.99 Å². The third kappa shape index (κ3) is 6.80. The molecule has 0 aromatic heterocycles. The standard InChI is InChI=1S/C19H24FN3O2.HI/c1-3-21-19(22-12-15-7-4-5-10-17(15)20)23-13-18(24)14-8-6-9-16(11-14)25-2;/h4-11,18,24H,3,12-13H2,1-2H3,(H2,21,22,23);1H. The molecule has 5 nitrogen and oxygen atoms in total. The van der Waals surface area contributed by atoms with Crippen LogP contribution in [0.3, 0.4) is 0 Å². The average Bonchev–Trinajstić information content (AvgIpc) is 2.65. The zero-order valence-electron chi connectivity index (χ0n) is 14.9. The number of hydrogen-bond acceptors (Lipinski definition) is 3. The van der Waals surface area contributed by atoms with Crippen LogP contribution in [0.25, 0.3) is 0 Å². The summed E-state index contributed by atoms with van der Waals surface area (Å²) in [4.78, 5) is 4.36. The zero-order valence-corrected chi connectivity index (χ0v) is 17.2. The molecule has 0 bridgehead atoms. The molecular formula is C19H25FIN3O2. The van der Waals surface area contributed by atoms with Crippen molar-refractivity contribution in [3.05, 3.63) is 65.5 Å². The van der Waals surface area contributed by atoms with Crippen molar-refractivity contribution in [2.75, 3.05) is 20.2 Å². The van der Waals surface area contributed by atoms with Crippen LogP contribution in [0.2, 0.25) is 0 Å². The molecule has 0 aliphatic rings. The van der Waals surface area contributed by atoms with E-state index in [1.165, 1.54) is 6.07 Å². The molecule has 0 heterocycles. The third-order valence-electron chi connectivity index (χ3n) is 3.65. The van der Waals surface area contributed by atoms with Gasteiger partial charge in [-0.15, -0.1) is 24.0 Å². The number of nitrogens with one attached hydrogen (secondary N) is 2. The second-order valence-electron chi connectivity index (χ2n) is 5.46. The van der Waals surface area contributed by atoms with Gasteiger partial charge in [0.2, 0.25) is 0 Å². The Labute approximate surface area is 170 Å². The lowest BCUT2D eigenvalue weighted by molar-refractivity contribution is 0.180. The predicted molar refractivity (Wildman–Crippen MR) is 113 cm³/mol. The first-order valence-electron chi connectivity index (χ1n) is 8.21. The number of guanidine groups is 1. The van der Waals surface area contributed by atoms with Crippen molar-refractivity contribution < 1.29 is 14.2 Å². The van der Waals surface area contributed by atoms with E-state index < -0.39 is 6.10 Å². The molecule has 0 radical (unpaired) electrons. The molecule has 0 spiro atoms. The lowest BCUT2D eigenvalue weighted by Crippen LogP contribution is -2.39. The summed E-state index contributed by atoms with van der Waals surface area (Å²) in [5.74, 6) is 0.933. The summed E-state index contributed by atoms with van der Waals surface area (Å²) in [6, 6.07) is 13.8. The van der Waals surface area contributed by atoms with Gasteiger partial charge in [0.05, 0.1) is 19.8 Å². The highest BCUT2D eigenvalue weighted by molar-refractivity contribution is 14.0. The number of nitrogens with zero attached hydrogens (tertiary/aromatic N) is 1. The minimum atomic E-state index is -0.715. The molecule has 3 N–H and O–H groups in total. The molecule has 0 fully saturated rings. The molecule has 0 amide bonds. The van der Waals surface area contributed by atoms with Gasteiger partial charge < -0.3 is 20.5 Å². The van der Waals surface area contributed by atoms with Gasteiger partial charge in [-0.2, -0.15) is 0 Å². The molecule has 0 aliphatic heterocycles. The molecule has 0 aliphatic carbocycles. The molecule has 1 unspecified atom stereocenters. The van der Waals surface area contributed by atoms with Crippen LogP contribution in [-0.4, -0.2) is 31.3 Å². The first-order valence-corrected chi connectivity index (χ1v) is 8.21. The fraction of sp³-hybridized carbons (Fsp3) is 0.316. The van der Waals surface area contributed by atoms with Gasteiger partial charge in [0.25, 0.3) is 0 Å². The molecule has 0 saturated carbocycles. The van der Waals surface area contributed by atoms with Crippen LogP contribution in [0.15, 0.2) is 53.5 Å². The number of halogens is 2. The van der Waals surface area contributed by atoms with Gasteiger partial charge in [0, 0.05) is 18.7 Å². The number of aliphatic imine (C=N–C) groups is 1. The van der Waals surface area contributed by atoms with Gasteiger partial charge in [-0.3, -0.25) is 0 Å². The fourth-order valence-electron chi connectivity index (χ4n) is 2.29. The summed E-state index contributed by atoms with van der Waals surface area (Å²) in [7, 11) is 1.59. The third-order valence-corrected chi connectivity index (χ3v) is 3.65. The molecule has 1 atom stereocenters. The summed E-state index contributed by atoms with van der Waals surface area (Å²) in [6.07, 6.45) is -0.715. The number of ether oxygens (including phenoxy) is 1. The highest BCUT2D eigenvalue weighted by Crippen LogP contribution is 2.18. The Balaban J connectivity index is 0.00000338. The van der Waals surface area contributed by atoms with Gasteiger partial charge in [0.1, 0.15) is 11.6 Å². The Hall–Kier alpha value is -1.87. The largest absolute Gasteiger partial charge is 0.497 e. The van der Waals surface area contributed by atoms with Crippen molar-refractivity contribution in [3.8, 4) is 5.75 Å². The van der Waals surface area contributed by atoms with Gasteiger partial charge in [-0.05, 0) is 30.7 Å². The first kappa shape index (κ1) is 22.2. The number of aliphatic hydroxyl groups excluding tert-OH is 1. The summed E-state index contributed by atoms with van der Waals surface area (Å²) in [6.45, 7) is 3.10. The van der Waals surface area contributed by atoms with E-state index in [0.717, 1.165) is 5.56 Å². The second kappa shape index (κ2) is 11.7. The van der Waals surface area contributed by atoms with Crippen molar-refractivity contribution in [1.29, 1.82) is 0 Å². The zero-order chi connectivity index (χ0) is 18.1. The van der Waals surface area contributed by atoms with Crippen molar-refractivity contribution in [2.45, 2.75) is 19.6 Å². The van der Waals surface area contributed by atoms with Crippen LogP contribution in [0.1, 0.15) is 24.2 Å². The number of benzene rings is 2. The summed E-state index contributed by atoms with van der Waals surface area (Å²) in [5.41, 5.74) is 1.27. The topological polar surface area (TPSA) is 65.9 Å². The van der Waals surface area contributed by atoms with E-state index in [4.69, 9.17) is 4.74 Å². The highest BCUT2D eigenvalue weighted by Gasteiger charge is 2.09. The van der Waals surface area contributed by atoms with Crippen LogP contribution in [0.4, 0.5) is 4.39 Å². The van der Waals surface area contributed by atoms with E-state index in [-0.39, 0.29) is 42.9 Å². The molecule has 2 rings (SSSR count). The van der Waals surface area contributed by atoms with E-state index in [0.29, 0.717) is 23.8 Å². The summed E-state index contributed by atoms with van der Waals surface area (Å²) in [5, 5.41) is 16.5. The van der Waals surface area contributed by atoms with Crippen molar-refractivity contribution >= 4 is 29.9 Å². The summed E-state index contributed by atoms with van der Waals surface area (Å²) < 4.78 is 18.8. The van der Waals surface area contributed by atoms with Crippen molar-refractivity contribution in [3.63, 3.8) is 0 Å². The van der Waals surface area contributed by atoms with E-state index in [1.54, 1.807) is 31.4 Å². The fourth-order valence-corrected chi connectivity index (χ4v) is 2.29. The van der Waals surface area contributed by atoms with Gasteiger partial charge in [-0.25, -0.2) is 9.38 Å². The van der Waals surface area contributed by atoms with E-state index in [1.807, 2.05) is 25.1 Å². The van der Waals surface area contributed by atoms with Gasteiger partial charge >= 0.3 is 0 Å². The SMILES string of the molecule is CCNC(=NCc1ccccc1F)NCC(O)c1cccc(OC)c1.I. The molecule has 7 heteroatoms. The Morgan fingerprint density at radius 1 is 1.19 bits per heavy atom. The minimum absolute atomic E-state index is 0. The molecular weight excluding hydrogens is 448 g/mol. The lowest BCUT2D eigenvalue weighted by atomic mass is 10.1. The molecule has 2 aromatic carbocycles. The van der Waals surface area contributed by atoms with Crippen LogP contribution in [-0.2, 0) is 6.54 Å². The summed E-state index contributed by atoms with van der Waals surface area (Å²) >= 11 is 0. The smallest absolute Gasteiger partial charge is 0.191 e. The van der Waals surface area contributed by atoms with Gasteiger partial charge in [0.15, 0.2) is 5.96 Å². The Bertz CT molecular complexity index is 713. The number of methoxy groups -OCH3 is 1. The van der Waals surface area contributed by atoms with E-state index >= 15 is 0 Å². The Morgan fingerprint density at radius 3 is 2.65 bits per heavy atom. The van der Waals surface area contributed by atoms with Crippen LogP contribution < -0.4 is 15.4 Å². The maximum atomic E-state index is 13.7. The quantitative estimate of drug-likeness (QED) is 0.328. The lowest BCUT2D eigenvalue weighted by Gasteiger charge is -2.16. The maximum Gasteiger partial charge on any atom is 0.191 e. The molecule has 0 saturated heterocycles. The Morgan fingerprint density at radius 2 is 1.96 bits per heavy atom. The second-order valence-corrected chi connectivity index (χ2v) is 5.46. The van der Waals surface area contributed by atoms with Gasteiger partial charge in [-0.1, -0.05) is 30.3 Å². The Kier molecular flexibility index (Phi) is 9.97. The maximum absolute atomic E-state index is 13.7. The highest BCUT2D eigenvalue weighted by atomic mass is 127. The average molecular weight is 473 g/mol. The monoisotopic (exact) mass is 473 g/mol. The van der Waals surface area contributed by atoms with Crippen LogP contribution >= 0.6 is 24.0 Å².